The van der Waals surface area contributed by atoms with Crippen LogP contribution in [0.2, 0.25) is 5.02 Å². The minimum absolute atomic E-state index is 0.0505. The first kappa shape index (κ1) is 26.4. The number of aliphatic hydroxyl groups excluding tert-OH is 2. The Balaban J connectivity index is 1.24. The summed E-state index contributed by atoms with van der Waals surface area (Å²) in [5.41, 5.74) is 1.75. The Hall–Kier alpha value is -3.66. The van der Waals surface area contributed by atoms with Crippen molar-refractivity contribution in [2.75, 3.05) is 31.1 Å². The molecule has 2 atom stereocenters. The van der Waals surface area contributed by atoms with Gasteiger partial charge >= 0.3 is 0 Å². The Morgan fingerprint density at radius 2 is 1.57 bits per heavy atom. The van der Waals surface area contributed by atoms with Crippen LogP contribution in [0.3, 0.4) is 0 Å². The zero-order valence-electron chi connectivity index (χ0n) is 19.9. The molecule has 1 aliphatic rings. The number of anilines is 1. The Morgan fingerprint density at radius 3 is 2.22 bits per heavy atom. The third kappa shape index (κ3) is 6.76. The van der Waals surface area contributed by atoms with Crippen LogP contribution in [0.4, 0.5) is 10.1 Å². The fourth-order valence-electron chi connectivity index (χ4n) is 3.93. The fraction of sp³-hybridized carbons (Fsp3) is 0.259. The van der Waals surface area contributed by atoms with Crippen LogP contribution in [0.1, 0.15) is 5.56 Å². The molecular weight excluding hydrogens is 501 g/mol. The van der Waals surface area contributed by atoms with E-state index >= 15 is 0 Å². The highest BCUT2D eigenvalue weighted by Gasteiger charge is 2.34. The molecule has 1 aliphatic heterocycles. The van der Waals surface area contributed by atoms with Gasteiger partial charge in [0.15, 0.2) is 12.2 Å². The number of nitrogens with one attached hydrogen (secondary N) is 1. The van der Waals surface area contributed by atoms with Crippen molar-refractivity contribution in [3.63, 3.8) is 0 Å². The van der Waals surface area contributed by atoms with Crippen molar-refractivity contribution in [2.24, 2.45) is 0 Å². The number of halogens is 2. The molecule has 8 nitrogen and oxygen atoms in total. The highest BCUT2D eigenvalue weighted by atomic mass is 35.5. The molecule has 3 aromatic rings. The lowest BCUT2D eigenvalue weighted by Gasteiger charge is -2.37. The van der Waals surface area contributed by atoms with E-state index in [0.29, 0.717) is 43.2 Å². The summed E-state index contributed by atoms with van der Waals surface area (Å²) in [7, 11) is 0. The van der Waals surface area contributed by atoms with Crippen molar-refractivity contribution in [2.45, 2.75) is 18.8 Å². The lowest BCUT2D eigenvalue weighted by molar-refractivity contribution is -0.153. The molecule has 3 aromatic carbocycles. The van der Waals surface area contributed by atoms with E-state index in [1.54, 1.807) is 24.3 Å². The van der Waals surface area contributed by atoms with Gasteiger partial charge in [0.2, 0.25) is 0 Å². The zero-order chi connectivity index (χ0) is 26.4. The molecule has 0 aromatic heterocycles. The third-order valence-corrected chi connectivity index (χ3v) is 6.34. The van der Waals surface area contributed by atoms with E-state index in [1.807, 2.05) is 30.3 Å². The van der Waals surface area contributed by atoms with Crippen LogP contribution in [-0.2, 0) is 16.1 Å². The van der Waals surface area contributed by atoms with E-state index in [9.17, 15) is 24.2 Å². The molecule has 0 saturated carbocycles. The number of ether oxygens (including phenoxy) is 1. The van der Waals surface area contributed by atoms with Gasteiger partial charge in [0.1, 0.15) is 17.3 Å². The minimum atomic E-state index is -1.90. The van der Waals surface area contributed by atoms with E-state index in [4.69, 9.17) is 16.3 Å². The predicted octanol–water partition coefficient (Wildman–Crippen LogP) is 2.96. The molecule has 2 amide bonds. The molecule has 0 bridgehead atoms. The van der Waals surface area contributed by atoms with Crippen LogP contribution in [0.15, 0.2) is 72.8 Å². The van der Waals surface area contributed by atoms with Gasteiger partial charge < -0.3 is 30.1 Å². The number of hydrogen-bond acceptors (Lipinski definition) is 6. The number of rotatable bonds is 8. The SMILES string of the molecule is O=C(NCc1ccc(Oc2ccc(F)c(Cl)c2)cc1)[C@H](O)[C@@H](O)C(=O)N1CCN(c2ccccc2)CC1. The van der Waals surface area contributed by atoms with Crippen LogP contribution in [-0.4, -0.2) is 65.3 Å². The van der Waals surface area contributed by atoms with Crippen molar-refractivity contribution in [3.8, 4) is 11.5 Å². The normalized spacial score (nSPS) is 15.1. The standard InChI is InChI=1S/C27H27ClFN3O5/c28-22-16-21(10-11-23(22)29)37-20-8-6-18(7-9-20)17-30-26(35)24(33)25(34)27(36)32-14-12-31(13-15-32)19-4-2-1-3-5-19/h1-11,16,24-25,33-34H,12-15,17H2,(H,30,35)/t24-,25-/m1/s1. The number of piperazine rings is 1. The number of hydrogen-bond donors (Lipinski definition) is 3. The van der Waals surface area contributed by atoms with Crippen molar-refractivity contribution < 1.29 is 28.9 Å². The maximum Gasteiger partial charge on any atom is 0.254 e. The summed E-state index contributed by atoms with van der Waals surface area (Å²) in [5, 5.41) is 23.1. The van der Waals surface area contributed by atoms with E-state index in [2.05, 4.69) is 10.2 Å². The van der Waals surface area contributed by atoms with Crippen LogP contribution in [0, 0.1) is 5.82 Å². The Labute approximate surface area is 218 Å². The monoisotopic (exact) mass is 527 g/mol. The third-order valence-electron chi connectivity index (χ3n) is 6.05. The van der Waals surface area contributed by atoms with Gasteiger partial charge in [0.25, 0.3) is 11.8 Å². The first-order valence-electron chi connectivity index (χ1n) is 11.8. The summed E-state index contributed by atoms with van der Waals surface area (Å²) in [6, 6.07) is 20.5. The van der Waals surface area contributed by atoms with Crippen LogP contribution < -0.4 is 15.0 Å². The van der Waals surface area contributed by atoms with Crippen molar-refractivity contribution in [1.29, 1.82) is 0 Å². The number of amides is 2. The average molecular weight is 528 g/mol. The Morgan fingerprint density at radius 1 is 0.919 bits per heavy atom. The first-order chi connectivity index (χ1) is 17.8. The number of nitrogens with zero attached hydrogens (tertiary/aromatic N) is 2. The highest BCUT2D eigenvalue weighted by Crippen LogP contribution is 2.26. The quantitative estimate of drug-likeness (QED) is 0.416. The topological polar surface area (TPSA) is 102 Å². The number of aliphatic hydroxyl groups is 2. The number of carbonyl (C=O) groups is 2. The first-order valence-corrected chi connectivity index (χ1v) is 12.1. The number of benzene rings is 3. The summed E-state index contributed by atoms with van der Waals surface area (Å²) in [5.74, 6) is -1.23. The smallest absolute Gasteiger partial charge is 0.254 e. The molecule has 3 N–H and O–H groups in total. The molecule has 0 aliphatic carbocycles. The van der Waals surface area contributed by atoms with Gasteiger partial charge in [0, 0.05) is 44.5 Å². The zero-order valence-corrected chi connectivity index (χ0v) is 20.6. The lowest BCUT2D eigenvalue weighted by Crippen LogP contribution is -2.55. The Bertz CT molecular complexity index is 1220. The molecule has 1 heterocycles. The number of para-hydroxylation sites is 1. The van der Waals surface area contributed by atoms with Crippen LogP contribution in [0.5, 0.6) is 11.5 Å². The van der Waals surface area contributed by atoms with E-state index in [1.165, 1.54) is 23.1 Å². The minimum Gasteiger partial charge on any atom is -0.457 e. The second-order valence-electron chi connectivity index (χ2n) is 8.58. The maximum absolute atomic E-state index is 13.3. The molecule has 194 valence electrons. The molecule has 4 rings (SSSR count). The average Bonchev–Trinajstić information content (AvgIpc) is 2.94. The maximum atomic E-state index is 13.3. The summed E-state index contributed by atoms with van der Waals surface area (Å²) in [6.45, 7) is 1.97. The molecule has 10 heteroatoms. The van der Waals surface area contributed by atoms with Gasteiger partial charge in [-0.2, -0.15) is 0 Å². The fourth-order valence-corrected chi connectivity index (χ4v) is 4.11. The van der Waals surface area contributed by atoms with Crippen molar-refractivity contribution in [1.82, 2.24) is 10.2 Å². The summed E-state index contributed by atoms with van der Waals surface area (Å²) in [6.07, 6.45) is -3.76. The van der Waals surface area contributed by atoms with Gasteiger partial charge in [-0.05, 0) is 42.0 Å². The summed E-state index contributed by atoms with van der Waals surface area (Å²) >= 11 is 5.76. The second kappa shape index (κ2) is 12.1. The van der Waals surface area contributed by atoms with Gasteiger partial charge in [-0.25, -0.2) is 4.39 Å². The van der Waals surface area contributed by atoms with Crippen LogP contribution in [0.25, 0.3) is 0 Å². The molecule has 1 saturated heterocycles. The predicted molar refractivity (Wildman–Crippen MR) is 137 cm³/mol. The lowest BCUT2D eigenvalue weighted by atomic mass is 10.1. The van der Waals surface area contributed by atoms with Gasteiger partial charge in [0.05, 0.1) is 5.02 Å². The van der Waals surface area contributed by atoms with E-state index in [-0.39, 0.29) is 11.6 Å². The van der Waals surface area contributed by atoms with Crippen LogP contribution >= 0.6 is 11.6 Å². The molecule has 0 radical (unpaired) electrons. The molecular formula is C27H27ClFN3O5. The van der Waals surface area contributed by atoms with Gasteiger partial charge in [-0.3, -0.25) is 9.59 Å². The summed E-state index contributed by atoms with van der Waals surface area (Å²) in [4.78, 5) is 28.6. The molecule has 0 unspecified atom stereocenters. The molecule has 37 heavy (non-hydrogen) atoms. The second-order valence-corrected chi connectivity index (χ2v) is 8.98. The largest absolute Gasteiger partial charge is 0.457 e. The van der Waals surface area contributed by atoms with Crippen molar-refractivity contribution >= 4 is 29.1 Å². The Kier molecular flexibility index (Phi) is 8.60. The number of carbonyl (C=O) groups excluding carboxylic acids is 2. The van der Waals surface area contributed by atoms with Crippen molar-refractivity contribution in [3.05, 3.63) is 89.2 Å². The highest BCUT2D eigenvalue weighted by molar-refractivity contribution is 6.30. The van der Waals surface area contributed by atoms with E-state index in [0.717, 1.165) is 5.69 Å². The molecule has 0 spiro atoms. The van der Waals surface area contributed by atoms with E-state index < -0.39 is 29.8 Å². The summed E-state index contributed by atoms with van der Waals surface area (Å²) < 4.78 is 18.9. The van der Waals surface area contributed by atoms with Gasteiger partial charge in [-0.1, -0.05) is 41.9 Å². The molecule has 1 fully saturated rings. The van der Waals surface area contributed by atoms with Gasteiger partial charge in [-0.15, -0.1) is 0 Å².